The molecule has 18 heavy (non-hydrogen) atoms. The van der Waals surface area contributed by atoms with Crippen LogP contribution in [0, 0.1) is 6.92 Å². The number of aromatic nitrogens is 2. The largest absolute Gasteiger partial charge is 0.367 e. The van der Waals surface area contributed by atoms with Gasteiger partial charge < -0.3 is 5.32 Å². The normalized spacial score (nSPS) is 12.2. The SMILES string of the molecule is Cc1c(Cl)ncnc1NC(C)Cc1ccccc1. The van der Waals surface area contributed by atoms with Crippen LogP contribution < -0.4 is 5.32 Å². The lowest BCUT2D eigenvalue weighted by atomic mass is 10.1. The molecule has 2 aromatic rings. The van der Waals surface area contributed by atoms with E-state index >= 15 is 0 Å². The minimum atomic E-state index is 0.289. The standard InChI is InChI=1S/C14H16ClN3/c1-10(8-12-6-4-3-5-7-12)18-14-11(2)13(15)16-9-17-14/h3-7,9-10H,8H2,1-2H3,(H,16,17,18). The van der Waals surface area contributed by atoms with E-state index < -0.39 is 0 Å². The van der Waals surface area contributed by atoms with Crippen molar-refractivity contribution < 1.29 is 0 Å². The minimum Gasteiger partial charge on any atom is -0.367 e. The number of anilines is 1. The highest BCUT2D eigenvalue weighted by Crippen LogP contribution is 2.19. The molecule has 0 radical (unpaired) electrons. The van der Waals surface area contributed by atoms with Crippen molar-refractivity contribution in [3.05, 3.63) is 52.9 Å². The van der Waals surface area contributed by atoms with Gasteiger partial charge in [-0.05, 0) is 25.8 Å². The third-order valence-electron chi connectivity index (χ3n) is 2.79. The molecule has 0 saturated heterocycles. The Hall–Kier alpha value is -1.61. The summed E-state index contributed by atoms with van der Waals surface area (Å²) in [5.74, 6) is 0.804. The van der Waals surface area contributed by atoms with Crippen LogP contribution in [-0.4, -0.2) is 16.0 Å². The Kier molecular flexibility index (Phi) is 4.15. The Morgan fingerprint density at radius 2 is 1.94 bits per heavy atom. The molecule has 2 rings (SSSR count). The van der Waals surface area contributed by atoms with Crippen LogP contribution in [0.2, 0.25) is 5.15 Å². The number of halogens is 1. The second-order valence-electron chi connectivity index (χ2n) is 4.37. The molecule has 1 N–H and O–H groups in total. The van der Waals surface area contributed by atoms with E-state index in [1.807, 2.05) is 13.0 Å². The zero-order valence-electron chi connectivity index (χ0n) is 10.5. The summed E-state index contributed by atoms with van der Waals surface area (Å²) in [7, 11) is 0. The highest BCUT2D eigenvalue weighted by molar-refractivity contribution is 6.30. The zero-order valence-corrected chi connectivity index (χ0v) is 11.3. The Morgan fingerprint density at radius 3 is 2.67 bits per heavy atom. The van der Waals surface area contributed by atoms with Gasteiger partial charge in [0, 0.05) is 11.6 Å². The van der Waals surface area contributed by atoms with Gasteiger partial charge in [0.1, 0.15) is 17.3 Å². The smallest absolute Gasteiger partial charge is 0.137 e. The Labute approximate surface area is 112 Å². The van der Waals surface area contributed by atoms with Crippen LogP contribution in [0.15, 0.2) is 36.7 Å². The maximum absolute atomic E-state index is 5.97. The van der Waals surface area contributed by atoms with Gasteiger partial charge in [-0.2, -0.15) is 0 Å². The average Bonchev–Trinajstić information content (AvgIpc) is 2.36. The van der Waals surface area contributed by atoms with Gasteiger partial charge in [-0.1, -0.05) is 41.9 Å². The Morgan fingerprint density at radius 1 is 1.22 bits per heavy atom. The third kappa shape index (κ3) is 3.20. The topological polar surface area (TPSA) is 37.8 Å². The van der Waals surface area contributed by atoms with Crippen LogP contribution in [0.4, 0.5) is 5.82 Å². The van der Waals surface area contributed by atoms with Gasteiger partial charge in [0.05, 0.1) is 0 Å². The van der Waals surface area contributed by atoms with E-state index in [0.717, 1.165) is 17.8 Å². The number of hydrogen-bond donors (Lipinski definition) is 1. The van der Waals surface area contributed by atoms with Crippen LogP contribution in [0.25, 0.3) is 0 Å². The summed E-state index contributed by atoms with van der Waals surface area (Å²) < 4.78 is 0. The molecule has 4 heteroatoms. The molecule has 0 fully saturated rings. The molecule has 0 aliphatic heterocycles. The van der Waals surface area contributed by atoms with Crippen molar-refractivity contribution in [1.82, 2.24) is 9.97 Å². The number of hydrogen-bond acceptors (Lipinski definition) is 3. The van der Waals surface area contributed by atoms with Gasteiger partial charge in [0.2, 0.25) is 0 Å². The van der Waals surface area contributed by atoms with Gasteiger partial charge in [0.15, 0.2) is 0 Å². The maximum Gasteiger partial charge on any atom is 0.137 e. The van der Waals surface area contributed by atoms with Gasteiger partial charge in [-0.15, -0.1) is 0 Å². The number of rotatable bonds is 4. The molecule has 94 valence electrons. The number of nitrogens with zero attached hydrogens (tertiary/aromatic N) is 2. The van der Waals surface area contributed by atoms with Crippen LogP contribution in [0.1, 0.15) is 18.1 Å². The van der Waals surface area contributed by atoms with Crippen molar-refractivity contribution in [1.29, 1.82) is 0 Å². The minimum absolute atomic E-state index is 0.289. The van der Waals surface area contributed by atoms with Crippen molar-refractivity contribution in [2.24, 2.45) is 0 Å². The lowest BCUT2D eigenvalue weighted by Gasteiger charge is -2.16. The van der Waals surface area contributed by atoms with Gasteiger partial charge in [-0.25, -0.2) is 9.97 Å². The zero-order chi connectivity index (χ0) is 13.0. The van der Waals surface area contributed by atoms with Gasteiger partial charge >= 0.3 is 0 Å². The fraction of sp³-hybridized carbons (Fsp3) is 0.286. The van der Waals surface area contributed by atoms with Gasteiger partial charge in [-0.3, -0.25) is 0 Å². The first-order valence-electron chi connectivity index (χ1n) is 5.94. The molecule has 0 saturated carbocycles. The average molecular weight is 262 g/mol. The van der Waals surface area contributed by atoms with Crippen molar-refractivity contribution in [2.45, 2.75) is 26.3 Å². The molecule has 1 aromatic carbocycles. The second kappa shape index (κ2) is 5.83. The first-order chi connectivity index (χ1) is 8.66. The Balaban J connectivity index is 2.03. The predicted octanol–water partition coefficient (Wildman–Crippen LogP) is 3.48. The predicted molar refractivity (Wildman–Crippen MR) is 75.0 cm³/mol. The lowest BCUT2D eigenvalue weighted by molar-refractivity contribution is 0.782. The molecule has 1 heterocycles. The molecule has 1 unspecified atom stereocenters. The molecular weight excluding hydrogens is 246 g/mol. The lowest BCUT2D eigenvalue weighted by Crippen LogP contribution is -2.19. The fourth-order valence-electron chi connectivity index (χ4n) is 1.83. The highest BCUT2D eigenvalue weighted by Gasteiger charge is 2.08. The molecule has 0 aliphatic carbocycles. The molecule has 3 nitrogen and oxygen atoms in total. The molecule has 0 amide bonds. The summed E-state index contributed by atoms with van der Waals surface area (Å²) in [6.07, 6.45) is 2.43. The van der Waals surface area contributed by atoms with E-state index in [2.05, 4.69) is 46.5 Å². The second-order valence-corrected chi connectivity index (χ2v) is 4.73. The van der Waals surface area contributed by atoms with Crippen LogP contribution >= 0.6 is 11.6 Å². The molecular formula is C14H16ClN3. The van der Waals surface area contributed by atoms with Crippen LogP contribution in [0.5, 0.6) is 0 Å². The number of benzene rings is 1. The summed E-state index contributed by atoms with van der Waals surface area (Å²) in [5.41, 5.74) is 2.19. The van der Waals surface area contributed by atoms with E-state index in [0.29, 0.717) is 5.15 Å². The fourth-order valence-corrected chi connectivity index (χ4v) is 1.96. The number of nitrogens with one attached hydrogen (secondary N) is 1. The van der Waals surface area contributed by atoms with E-state index in [1.165, 1.54) is 11.9 Å². The molecule has 0 spiro atoms. The molecule has 1 atom stereocenters. The van der Waals surface area contributed by atoms with Crippen molar-refractivity contribution in [3.8, 4) is 0 Å². The van der Waals surface area contributed by atoms with E-state index in [4.69, 9.17) is 11.6 Å². The van der Waals surface area contributed by atoms with E-state index in [9.17, 15) is 0 Å². The monoisotopic (exact) mass is 261 g/mol. The summed E-state index contributed by atoms with van der Waals surface area (Å²) in [4.78, 5) is 8.16. The maximum atomic E-state index is 5.97. The van der Waals surface area contributed by atoms with Gasteiger partial charge in [0.25, 0.3) is 0 Å². The quantitative estimate of drug-likeness (QED) is 0.857. The van der Waals surface area contributed by atoms with Crippen molar-refractivity contribution in [3.63, 3.8) is 0 Å². The molecule has 0 bridgehead atoms. The van der Waals surface area contributed by atoms with Crippen molar-refractivity contribution in [2.75, 3.05) is 5.32 Å². The highest BCUT2D eigenvalue weighted by atomic mass is 35.5. The summed E-state index contributed by atoms with van der Waals surface area (Å²) >= 11 is 5.97. The summed E-state index contributed by atoms with van der Waals surface area (Å²) in [6, 6.07) is 10.7. The third-order valence-corrected chi connectivity index (χ3v) is 3.17. The first-order valence-corrected chi connectivity index (χ1v) is 6.32. The van der Waals surface area contributed by atoms with Crippen LogP contribution in [-0.2, 0) is 6.42 Å². The van der Waals surface area contributed by atoms with E-state index in [-0.39, 0.29) is 6.04 Å². The molecule has 0 aliphatic rings. The van der Waals surface area contributed by atoms with E-state index in [1.54, 1.807) is 0 Å². The first kappa shape index (κ1) is 12.8. The summed E-state index contributed by atoms with van der Waals surface area (Å²) in [5, 5.41) is 3.86. The Bertz CT molecular complexity index is 514. The molecule has 1 aromatic heterocycles. The van der Waals surface area contributed by atoms with Crippen molar-refractivity contribution >= 4 is 17.4 Å². The van der Waals surface area contributed by atoms with Crippen LogP contribution in [0.3, 0.4) is 0 Å². The summed E-state index contributed by atoms with van der Waals surface area (Å²) in [6.45, 7) is 4.04.